The van der Waals surface area contributed by atoms with Crippen molar-refractivity contribution in [2.45, 2.75) is 16.6 Å². The summed E-state index contributed by atoms with van der Waals surface area (Å²) in [4.78, 5) is 34.8. The monoisotopic (exact) mass is 361 g/mol. The molecule has 2 amide bonds. The third-order valence-electron chi connectivity index (χ3n) is 3.51. The van der Waals surface area contributed by atoms with Gasteiger partial charge < -0.3 is 10.6 Å². The molecule has 1 aliphatic heterocycles. The average Bonchev–Trinajstić information content (AvgIpc) is 2.55. The summed E-state index contributed by atoms with van der Waals surface area (Å²) in [5, 5.41) is 15.2. The van der Waals surface area contributed by atoms with Gasteiger partial charge in [-0.25, -0.2) is 0 Å². The molecule has 25 heavy (non-hydrogen) atoms. The molecule has 0 aromatic heterocycles. The molecule has 3 rings (SSSR count). The standard InChI is InChI=1S/C16H12FN3O4S/c17-10-7-9(5-6-12(10)20(23)24)18-15(21)8-14-16(22)19-11-3-1-2-4-13(11)25-14/h1-7,14H,8H2,(H,18,21)(H,19,22)/t14-/m0/s1. The maximum atomic E-state index is 13.6. The van der Waals surface area contributed by atoms with Crippen LogP contribution in [0.4, 0.5) is 21.5 Å². The van der Waals surface area contributed by atoms with E-state index in [0.29, 0.717) is 5.69 Å². The Kier molecular flexibility index (Phi) is 4.66. The second kappa shape index (κ2) is 6.89. The van der Waals surface area contributed by atoms with Crippen LogP contribution in [0.1, 0.15) is 6.42 Å². The summed E-state index contributed by atoms with van der Waals surface area (Å²) in [7, 11) is 0. The molecular weight excluding hydrogens is 349 g/mol. The van der Waals surface area contributed by atoms with E-state index in [1.54, 1.807) is 12.1 Å². The van der Waals surface area contributed by atoms with E-state index in [0.717, 1.165) is 17.0 Å². The SMILES string of the molecule is O=C(C[C@@H]1Sc2ccccc2NC1=O)Nc1ccc([N+](=O)[O-])c(F)c1. The number of nitrogens with zero attached hydrogens (tertiary/aromatic N) is 1. The van der Waals surface area contributed by atoms with E-state index in [1.165, 1.54) is 17.8 Å². The molecule has 7 nitrogen and oxygen atoms in total. The maximum Gasteiger partial charge on any atom is 0.304 e. The largest absolute Gasteiger partial charge is 0.326 e. The molecule has 1 aliphatic rings. The number of halogens is 1. The fraction of sp³-hybridized carbons (Fsp3) is 0.125. The first kappa shape index (κ1) is 16.9. The summed E-state index contributed by atoms with van der Waals surface area (Å²) in [5.41, 5.74) is 0.123. The van der Waals surface area contributed by atoms with Crippen molar-refractivity contribution in [1.82, 2.24) is 0 Å². The lowest BCUT2D eigenvalue weighted by molar-refractivity contribution is -0.387. The Hall–Kier alpha value is -2.94. The van der Waals surface area contributed by atoms with Crippen LogP contribution in [0, 0.1) is 15.9 Å². The van der Waals surface area contributed by atoms with Crippen molar-refractivity contribution in [1.29, 1.82) is 0 Å². The van der Waals surface area contributed by atoms with Crippen molar-refractivity contribution in [3.63, 3.8) is 0 Å². The molecule has 0 radical (unpaired) electrons. The highest BCUT2D eigenvalue weighted by Gasteiger charge is 2.29. The summed E-state index contributed by atoms with van der Waals surface area (Å²) in [5.74, 6) is -1.81. The van der Waals surface area contributed by atoms with Crippen LogP contribution in [0.3, 0.4) is 0 Å². The predicted molar refractivity (Wildman–Crippen MR) is 91.0 cm³/mol. The molecule has 2 N–H and O–H groups in total. The molecule has 9 heteroatoms. The first-order chi connectivity index (χ1) is 11.9. The molecular formula is C16H12FN3O4S. The van der Waals surface area contributed by atoms with Crippen molar-refractivity contribution in [2.75, 3.05) is 10.6 Å². The number of nitrogens with one attached hydrogen (secondary N) is 2. The van der Waals surface area contributed by atoms with Crippen LogP contribution in [-0.2, 0) is 9.59 Å². The van der Waals surface area contributed by atoms with Crippen LogP contribution in [-0.4, -0.2) is 22.0 Å². The van der Waals surface area contributed by atoms with Gasteiger partial charge >= 0.3 is 5.69 Å². The number of carbonyl (C=O) groups excluding carboxylic acids is 2. The topological polar surface area (TPSA) is 101 Å². The van der Waals surface area contributed by atoms with Gasteiger partial charge in [0.05, 0.1) is 15.9 Å². The van der Waals surface area contributed by atoms with Crippen LogP contribution < -0.4 is 10.6 Å². The summed E-state index contributed by atoms with van der Waals surface area (Å²) in [6.45, 7) is 0. The van der Waals surface area contributed by atoms with Crippen molar-refractivity contribution < 1.29 is 18.9 Å². The molecule has 0 saturated heterocycles. The second-order valence-electron chi connectivity index (χ2n) is 5.27. The molecule has 0 unspecified atom stereocenters. The van der Waals surface area contributed by atoms with E-state index in [-0.39, 0.29) is 18.0 Å². The highest BCUT2D eigenvalue weighted by molar-refractivity contribution is 8.01. The number of para-hydroxylation sites is 1. The van der Waals surface area contributed by atoms with E-state index in [2.05, 4.69) is 10.6 Å². The van der Waals surface area contributed by atoms with Crippen LogP contribution in [0.2, 0.25) is 0 Å². The molecule has 128 valence electrons. The van der Waals surface area contributed by atoms with Gasteiger partial charge in [-0.05, 0) is 18.2 Å². The molecule has 1 atom stereocenters. The molecule has 0 fully saturated rings. The van der Waals surface area contributed by atoms with Gasteiger partial charge in [-0.2, -0.15) is 4.39 Å². The lowest BCUT2D eigenvalue weighted by Gasteiger charge is -2.23. The van der Waals surface area contributed by atoms with Crippen molar-refractivity contribution in [3.05, 3.63) is 58.4 Å². The molecule has 2 aromatic carbocycles. The van der Waals surface area contributed by atoms with Crippen molar-refractivity contribution in [2.24, 2.45) is 0 Å². The van der Waals surface area contributed by atoms with E-state index in [9.17, 15) is 24.1 Å². The minimum atomic E-state index is -1.04. The minimum absolute atomic E-state index is 0.0923. The summed E-state index contributed by atoms with van der Waals surface area (Å²) in [6, 6.07) is 10.3. The normalized spacial score (nSPS) is 15.9. The Morgan fingerprint density at radius 1 is 1.32 bits per heavy atom. The van der Waals surface area contributed by atoms with Gasteiger partial charge in [-0.15, -0.1) is 11.8 Å². The number of hydrogen-bond acceptors (Lipinski definition) is 5. The van der Waals surface area contributed by atoms with E-state index in [4.69, 9.17) is 0 Å². The van der Waals surface area contributed by atoms with Gasteiger partial charge in [-0.3, -0.25) is 19.7 Å². The number of fused-ring (bicyclic) bond motifs is 1. The quantitative estimate of drug-likeness (QED) is 0.643. The van der Waals surface area contributed by atoms with Crippen molar-refractivity contribution in [3.8, 4) is 0 Å². The van der Waals surface area contributed by atoms with E-state index in [1.807, 2.05) is 12.1 Å². The first-order valence-corrected chi connectivity index (χ1v) is 8.12. The second-order valence-corrected chi connectivity index (χ2v) is 6.51. The van der Waals surface area contributed by atoms with E-state index < -0.39 is 27.6 Å². The molecule has 0 bridgehead atoms. The number of thioether (sulfide) groups is 1. The third-order valence-corrected chi connectivity index (χ3v) is 4.78. The molecule has 1 heterocycles. The summed E-state index contributed by atoms with van der Waals surface area (Å²) in [6.07, 6.45) is -0.108. The Bertz CT molecular complexity index is 874. The number of anilines is 2. The van der Waals surface area contributed by atoms with Crippen molar-refractivity contribution >= 4 is 40.6 Å². The average molecular weight is 361 g/mol. The summed E-state index contributed by atoms with van der Waals surface area (Å²) >= 11 is 1.28. The summed E-state index contributed by atoms with van der Waals surface area (Å²) < 4.78 is 13.6. The van der Waals surface area contributed by atoms with Crippen LogP contribution in [0.25, 0.3) is 0 Å². The number of hydrogen-bond donors (Lipinski definition) is 2. The lowest BCUT2D eigenvalue weighted by atomic mass is 10.2. The highest BCUT2D eigenvalue weighted by Crippen LogP contribution is 2.36. The maximum absolute atomic E-state index is 13.6. The fourth-order valence-corrected chi connectivity index (χ4v) is 3.45. The molecule has 2 aromatic rings. The Labute approximate surface area is 145 Å². The zero-order valence-electron chi connectivity index (χ0n) is 12.7. The van der Waals surface area contributed by atoms with Gasteiger partial charge in [0.1, 0.15) is 0 Å². The predicted octanol–water partition coefficient (Wildman–Crippen LogP) is 3.18. The first-order valence-electron chi connectivity index (χ1n) is 7.24. The Morgan fingerprint density at radius 2 is 2.08 bits per heavy atom. The number of carbonyl (C=O) groups is 2. The molecule has 0 saturated carbocycles. The number of benzene rings is 2. The van der Waals surface area contributed by atoms with Crippen LogP contribution >= 0.6 is 11.8 Å². The lowest BCUT2D eigenvalue weighted by Crippen LogP contribution is -2.32. The van der Waals surface area contributed by atoms with Gasteiger partial charge in [0.15, 0.2) is 0 Å². The number of nitro benzene ring substituents is 1. The van der Waals surface area contributed by atoms with E-state index >= 15 is 0 Å². The number of rotatable bonds is 4. The fourth-order valence-electron chi connectivity index (χ4n) is 2.34. The Balaban J connectivity index is 1.66. The zero-order valence-corrected chi connectivity index (χ0v) is 13.5. The third kappa shape index (κ3) is 3.77. The van der Waals surface area contributed by atoms with Crippen LogP contribution in [0.5, 0.6) is 0 Å². The van der Waals surface area contributed by atoms with Gasteiger partial charge in [-0.1, -0.05) is 12.1 Å². The highest BCUT2D eigenvalue weighted by atomic mass is 32.2. The number of nitro groups is 1. The zero-order chi connectivity index (χ0) is 18.0. The minimum Gasteiger partial charge on any atom is -0.326 e. The molecule has 0 aliphatic carbocycles. The van der Waals surface area contributed by atoms with Gasteiger partial charge in [0.25, 0.3) is 0 Å². The van der Waals surface area contributed by atoms with Gasteiger partial charge in [0, 0.05) is 29.1 Å². The smallest absolute Gasteiger partial charge is 0.304 e. The van der Waals surface area contributed by atoms with Gasteiger partial charge in [0.2, 0.25) is 17.6 Å². The van der Waals surface area contributed by atoms with Crippen LogP contribution in [0.15, 0.2) is 47.4 Å². The Morgan fingerprint density at radius 3 is 2.80 bits per heavy atom. The molecule has 0 spiro atoms. The number of amides is 2.